The second-order valence-electron chi connectivity index (χ2n) is 4.75. The quantitative estimate of drug-likeness (QED) is 0.518. The van der Waals surface area contributed by atoms with Crippen LogP contribution in [-0.2, 0) is 16.0 Å². The maximum Gasteiger partial charge on any atom is 0.221 e. The highest BCUT2D eigenvalue weighted by Crippen LogP contribution is 2.12. The van der Waals surface area contributed by atoms with Crippen LogP contribution in [0.25, 0.3) is 0 Å². The monoisotopic (exact) mass is 315 g/mol. The molecule has 1 heterocycles. The van der Waals surface area contributed by atoms with Gasteiger partial charge in [-0.25, -0.2) is 4.98 Å². The third-order valence-corrected chi connectivity index (χ3v) is 3.91. The fourth-order valence-electron chi connectivity index (χ4n) is 1.77. The van der Waals surface area contributed by atoms with E-state index in [2.05, 4.69) is 15.6 Å². The van der Waals surface area contributed by atoms with E-state index in [0.29, 0.717) is 39.3 Å². The van der Waals surface area contributed by atoms with Crippen molar-refractivity contribution in [3.8, 4) is 0 Å². The van der Waals surface area contributed by atoms with Gasteiger partial charge in [-0.1, -0.05) is 0 Å². The predicted molar refractivity (Wildman–Crippen MR) is 83.6 cm³/mol. The lowest BCUT2D eigenvalue weighted by Gasteiger charge is -2.12. The third-order valence-electron chi connectivity index (χ3n) is 2.91. The van der Waals surface area contributed by atoms with Gasteiger partial charge in [0.25, 0.3) is 0 Å². The second-order valence-corrected chi connectivity index (χ2v) is 5.69. The van der Waals surface area contributed by atoms with Crippen molar-refractivity contribution in [1.29, 1.82) is 0 Å². The van der Waals surface area contributed by atoms with Gasteiger partial charge in [-0.15, -0.1) is 11.3 Å². The van der Waals surface area contributed by atoms with E-state index < -0.39 is 6.10 Å². The van der Waals surface area contributed by atoms with Gasteiger partial charge in [0.15, 0.2) is 0 Å². The number of thiazole rings is 1. The fraction of sp³-hybridized carbons (Fsp3) is 0.714. The van der Waals surface area contributed by atoms with Crippen LogP contribution in [0.15, 0.2) is 5.51 Å². The Morgan fingerprint density at radius 3 is 3.05 bits per heavy atom. The molecule has 3 N–H and O–H groups in total. The van der Waals surface area contributed by atoms with Crippen molar-refractivity contribution in [2.24, 2.45) is 0 Å². The van der Waals surface area contributed by atoms with Gasteiger partial charge in [0, 0.05) is 37.4 Å². The van der Waals surface area contributed by atoms with Crippen molar-refractivity contribution < 1.29 is 14.6 Å². The minimum atomic E-state index is -0.554. The first kappa shape index (κ1) is 18.0. The van der Waals surface area contributed by atoms with Gasteiger partial charge in [-0.2, -0.15) is 0 Å². The molecule has 1 atom stereocenters. The number of carbonyl (C=O) groups is 1. The number of nitrogens with one attached hydrogen (secondary N) is 2. The molecule has 1 aromatic rings. The molecule has 1 rings (SSSR count). The number of carbonyl (C=O) groups excluding carboxylic acids is 1. The Bertz CT molecular complexity index is 412. The molecule has 0 aliphatic heterocycles. The molecule has 0 bridgehead atoms. The van der Waals surface area contributed by atoms with Crippen LogP contribution in [0.2, 0.25) is 0 Å². The van der Waals surface area contributed by atoms with Gasteiger partial charge in [0.1, 0.15) is 0 Å². The van der Waals surface area contributed by atoms with Crippen molar-refractivity contribution in [2.75, 3.05) is 32.8 Å². The molecule has 6 nitrogen and oxygen atoms in total. The molecular weight excluding hydrogens is 290 g/mol. The molecule has 1 amide bonds. The number of aliphatic hydroxyl groups is 1. The van der Waals surface area contributed by atoms with E-state index in [9.17, 15) is 9.90 Å². The van der Waals surface area contributed by atoms with Crippen molar-refractivity contribution in [1.82, 2.24) is 15.6 Å². The normalized spacial score (nSPS) is 12.3. The minimum absolute atomic E-state index is 0.0238. The van der Waals surface area contributed by atoms with Crippen molar-refractivity contribution in [3.05, 3.63) is 16.1 Å². The Labute approximate surface area is 129 Å². The summed E-state index contributed by atoms with van der Waals surface area (Å²) >= 11 is 1.63. The van der Waals surface area contributed by atoms with E-state index in [1.165, 1.54) is 4.88 Å². The first-order valence-corrected chi connectivity index (χ1v) is 8.13. The number of nitrogens with zero attached hydrogens (tertiary/aromatic N) is 1. The lowest BCUT2D eigenvalue weighted by Crippen LogP contribution is -2.33. The summed E-state index contributed by atoms with van der Waals surface area (Å²) in [5.74, 6) is 0.0238. The van der Waals surface area contributed by atoms with Crippen LogP contribution >= 0.6 is 11.3 Å². The average molecular weight is 315 g/mol. The molecule has 0 spiro atoms. The van der Waals surface area contributed by atoms with Crippen LogP contribution in [0, 0.1) is 6.92 Å². The van der Waals surface area contributed by atoms with Crippen molar-refractivity contribution in [2.45, 2.75) is 32.8 Å². The van der Waals surface area contributed by atoms with Gasteiger partial charge >= 0.3 is 0 Å². The molecule has 1 unspecified atom stereocenters. The fourth-order valence-corrected chi connectivity index (χ4v) is 2.53. The molecule has 7 heteroatoms. The molecular formula is C14H25N3O3S. The van der Waals surface area contributed by atoms with Crippen LogP contribution in [0.4, 0.5) is 0 Å². The maximum absolute atomic E-state index is 11.2. The Morgan fingerprint density at radius 2 is 2.38 bits per heavy atom. The summed E-state index contributed by atoms with van der Waals surface area (Å²) in [6.07, 6.45) is 0.696. The standard InChI is InChI=1S/C14H25N3O3S/c1-3-16-14(19)4-6-15-8-12(18)9-20-7-5-13-11(2)17-10-21-13/h10,12,15,18H,3-9H2,1-2H3,(H,16,19). The van der Waals surface area contributed by atoms with Gasteiger partial charge in [0.2, 0.25) is 5.91 Å². The smallest absolute Gasteiger partial charge is 0.221 e. The number of ether oxygens (including phenoxy) is 1. The summed E-state index contributed by atoms with van der Waals surface area (Å²) in [4.78, 5) is 16.6. The first-order chi connectivity index (χ1) is 10.1. The third kappa shape index (κ3) is 8.11. The molecule has 0 fully saturated rings. The molecule has 0 aliphatic carbocycles. The molecule has 0 aliphatic rings. The average Bonchev–Trinajstić information content (AvgIpc) is 2.86. The molecule has 0 aromatic carbocycles. The minimum Gasteiger partial charge on any atom is -0.389 e. The van der Waals surface area contributed by atoms with Crippen LogP contribution < -0.4 is 10.6 Å². The Morgan fingerprint density at radius 1 is 1.57 bits per heavy atom. The maximum atomic E-state index is 11.2. The van der Waals surface area contributed by atoms with Gasteiger partial charge in [0.05, 0.1) is 30.5 Å². The number of hydrogen-bond donors (Lipinski definition) is 3. The molecule has 0 saturated carbocycles. The van der Waals surface area contributed by atoms with E-state index in [1.54, 1.807) is 11.3 Å². The lowest BCUT2D eigenvalue weighted by molar-refractivity contribution is -0.120. The van der Waals surface area contributed by atoms with E-state index in [4.69, 9.17) is 4.74 Å². The Hall–Kier alpha value is -1.02. The van der Waals surface area contributed by atoms with Crippen LogP contribution in [0.3, 0.4) is 0 Å². The van der Waals surface area contributed by atoms with Crippen LogP contribution in [0.5, 0.6) is 0 Å². The Kier molecular flexibility index (Phi) is 9.16. The van der Waals surface area contributed by atoms with E-state index in [1.807, 2.05) is 19.4 Å². The van der Waals surface area contributed by atoms with Gasteiger partial charge < -0.3 is 20.5 Å². The summed E-state index contributed by atoms with van der Waals surface area (Å²) < 4.78 is 5.45. The molecule has 21 heavy (non-hydrogen) atoms. The van der Waals surface area contributed by atoms with Crippen LogP contribution in [-0.4, -0.2) is 54.9 Å². The summed E-state index contributed by atoms with van der Waals surface area (Å²) in [5.41, 5.74) is 2.88. The zero-order chi connectivity index (χ0) is 15.5. The summed E-state index contributed by atoms with van der Waals surface area (Å²) in [6.45, 7) is 6.39. The van der Waals surface area contributed by atoms with E-state index >= 15 is 0 Å². The summed E-state index contributed by atoms with van der Waals surface area (Å²) in [5, 5.41) is 15.5. The highest BCUT2D eigenvalue weighted by atomic mass is 32.1. The first-order valence-electron chi connectivity index (χ1n) is 7.25. The topological polar surface area (TPSA) is 83.5 Å². The van der Waals surface area contributed by atoms with E-state index in [-0.39, 0.29) is 5.91 Å². The van der Waals surface area contributed by atoms with E-state index in [0.717, 1.165) is 12.1 Å². The number of aryl methyl sites for hydroxylation is 1. The highest BCUT2D eigenvalue weighted by molar-refractivity contribution is 7.09. The molecule has 0 radical (unpaired) electrons. The zero-order valence-electron chi connectivity index (χ0n) is 12.7. The Balaban J connectivity index is 1.97. The summed E-state index contributed by atoms with van der Waals surface area (Å²) in [6, 6.07) is 0. The molecule has 0 saturated heterocycles. The lowest BCUT2D eigenvalue weighted by atomic mass is 10.3. The zero-order valence-corrected chi connectivity index (χ0v) is 13.5. The number of hydrogen-bond acceptors (Lipinski definition) is 6. The van der Waals surface area contributed by atoms with Gasteiger partial charge in [-0.05, 0) is 13.8 Å². The number of aromatic nitrogens is 1. The van der Waals surface area contributed by atoms with Crippen molar-refractivity contribution in [3.63, 3.8) is 0 Å². The second kappa shape index (κ2) is 10.7. The summed E-state index contributed by atoms with van der Waals surface area (Å²) in [7, 11) is 0. The highest BCUT2D eigenvalue weighted by Gasteiger charge is 2.06. The largest absolute Gasteiger partial charge is 0.389 e. The number of amides is 1. The number of rotatable bonds is 11. The van der Waals surface area contributed by atoms with Gasteiger partial charge in [-0.3, -0.25) is 4.79 Å². The SMILES string of the molecule is CCNC(=O)CCNCC(O)COCCc1scnc1C. The molecule has 120 valence electrons. The number of aliphatic hydroxyl groups excluding tert-OH is 1. The van der Waals surface area contributed by atoms with Crippen LogP contribution in [0.1, 0.15) is 23.9 Å². The molecule has 1 aromatic heterocycles. The van der Waals surface area contributed by atoms with Crippen molar-refractivity contribution >= 4 is 17.2 Å². The predicted octanol–water partition coefficient (Wildman–Crippen LogP) is 0.487.